The number of aliphatic carboxylic acids is 1. The molecule has 2 aliphatic rings. The van der Waals surface area contributed by atoms with Gasteiger partial charge in [-0.1, -0.05) is 30.3 Å². The second-order valence-corrected chi connectivity index (χ2v) is 10.0. The number of methoxy groups -OCH3 is 1. The number of aliphatic hydroxyl groups excluding tert-OH is 1. The third-order valence-electron chi connectivity index (χ3n) is 7.77. The molecule has 0 bridgehead atoms. The molecule has 0 saturated heterocycles. The van der Waals surface area contributed by atoms with Crippen molar-refractivity contribution >= 4 is 28.8 Å². The first-order valence-electron chi connectivity index (χ1n) is 12.7. The third kappa shape index (κ3) is 4.34. The number of benzene rings is 2. The summed E-state index contributed by atoms with van der Waals surface area (Å²) in [7, 11) is 1.39. The SMILES string of the molecule is COC(=O)N1c2ccc3c(nc(CC(C(=O)O)c4ccccc4)n3C3CCC[C@H](O)C3)c2CC[C@@H]1C. The highest BCUT2D eigenvalue weighted by Crippen LogP contribution is 2.40. The third-order valence-corrected chi connectivity index (χ3v) is 7.77. The van der Waals surface area contributed by atoms with E-state index < -0.39 is 18.0 Å². The lowest BCUT2D eigenvalue weighted by atomic mass is 9.91. The number of amides is 1. The molecule has 2 aromatic carbocycles. The van der Waals surface area contributed by atoms with Gasteiger partial charge in [0.05, 0.1) is 35.9 Å². The summed E-state index contributed by atoms with van der Waals surface area (Å²) in [4.78, 5) is 31.7. The molecule has 1 fully saturated rings. The fourth-order valence-corrected chi connectivity index (χ4v) is 5.96. The van der Waals surface area contributed by atoms with Gasteiger partial charge >= 0.3 is 12.1 Å². The Balaban J connectivity index is 1.66. The van der Waals surface area contributed by atoms with E-state index in [1.807, 2.05) is 49.4 Å². The van der Waals surface area contributed by atoms with Gasteiger partial charge in [0.2, 0.25) is 0 Å². The van der Waals surface area contributed by atoms with Crippen LogP contribution in [0.15, 0.2) is 42.5 Å². The minimum Gasteiger partial charge on any atom is -0.481 e. The molecule has 5 rings (SSSR count). The maximum Gasteiger partial charge on any atom is 0.414 e. The monoisotopic (exact) mass is 491 g/mol. The number of anilines is 1. The Bertz CT molecular complexity index is 1270. The number of hydrogen-bond donors (Lipinski definition) is 2. The Morgan fingerprint density at radius 2 is 1.92 bits per heavy atom. The predicted molar refractivity (Wildman–Crippen MR) is 136 cm³/mol. The summed E-state index contributed by atoms with van der Waals surface area (Å²) in [5.74, 6) is -0.925. The van der Waals surface area contributed by atoms with Crippen LogP contribution in [0.4, 0.5) is 10.5 Å². The van der Waals surface area contributed by atoms with Gasteiger partial charge in [0.15, 0.2) is 0 Å². The summed E-state index contributed by atoms with van der Waals surface area (Å²) in [5, 5.41) is 20.6. The molecule has 0 radical (unpaired) electrons. The second kappa shape index (κ2) is 9.93. The second-order valence-electron chi connectivity index (χ2n) is 10.0. The standard InChI is InChI=1S/C28H33N3O5/c1-17-11-12-21-23(30(17)28(35)36-2)13-14-24-26(21)29-25(31(24)19-9-6-10-20(32)15-19)16-22(27(33)34)18-7-4-3-5-8-18/h3-5,7-8,13-14,17,19-20,22,32H,6,9-12,15-16H2,1-2H3,(H,33,34)/t17-,19?,20-,22?/m0/s1. The van der Waals surface area contributed by atoms with E-state index in [2.05, 4.69) is 4.57 Å². The van der Waals surface area contributed by atoms with E-state index in [9.17, 15) is 19.8 Å². The first-order chi connectivity index (χ1) is 17.4. The average molecular weight is 492 g/mol. The zero-order valence-electron chi connectivity index (χ0n) is 20.8. The average Bonchev–Trinajstić information content (AvgIpc) is 3.25. The topological polar surface area (TPSA) is 105 Å². The number of rotatable bonds is 5. The summed E-state index contributed by atoms with van der Waals surface area (Å²) < 4.78 is 7.23. The molecule has 1 saturated carbocycles. The van der Waals surface area contributed by atoms with Crippen LogP contribution in [0.25, 0.3) is 11.0 Å². The Morgan fingerprint density at radius 1 is 1.14 bits per heavy atom. The van der Waals surface area contributed by atoms with E-state index in [0.29, 0.717) is 12.2 Å². The minimum absolute atomic E-state index is 0.00641. The van der Waals surface area contributed by atoms with Crippen LogP contribution in [0.2, 0.25) is 0 Å². The molecule has 1 aromatic heterocycles. The van der Waals surface area contributed by atoms with Gasteiger partial charge in [-0.05, 0) is 63.1 Å². The van der Waals surface area contributed by atoms with Gasteiger partial charge in [-0.2, -0.15) is 0 Å². The van der Waals surface area contributed by atoms with Crippen molar-refractivity contribution in [1.82, 2.24) is 9.55 Å². The molecule has 2 unspecified atom stereocenters. The van der Waals surface area contributed by atoms with Gasteiger partial charge in [0.1, 0.15) is 5.82 Å². The van der Waals surface area contributed by atoms with Crippen LogP contribution in [0.3, 0.4) is 0 Å². The van der Waals surface area contributed by atoms with Crippen LogP contribution in [0, 0.1) is 0 Å². The molecule has 0 spiro atoms. The molecule has 2 N–H and O–H groups in total. The first kappa shape index (κ1) is 24.3. The quantitative estimate of drug-likeness (QED) is 0.530. The maximum absolute atomic E-state index is 12.6. The van der Waals surface area contributed by atoms with Gasteiger partial charge in [0.25, 0.3) is 0 Å². The smallest absolute Gasteiger partial charge is 0.414 e. The molecule has 4 atom stereocenters. The summed E-state index contributed by atoms with van der Waals surface area (Å²) in [6.45, 7) is 2.01. The van der Waals surface area contributed by atoms with Crippen molar-refractivity contribution in [3.05, 3.63) is 59.4 Å². The number of aliphatic hydroxyl groups is 1. The number of carboxylic acid groups (broad SMARTS) is 1. The van der Waals surface area contributed by atoms with Crippen molar-refractivity contribution in [2.75, 3.05) is 12.0 Å². The Morgan fingerprint density at radius 3 is 2.61 bits per heavy atom. The molecular formula is C28H33N3O5. The molecule has 1 amide bonds. The highest BCUT2D eigenvalue weighted by molar-refractivity contribution is 5.95. The van der Waals surface area contributed by atoms with Gasteiger partial charge in [-0.25, -0.2) is 9.78 Å². The van der Waals surface area contributed by atoms with Gasteiger partial charge in [-0.15, -0.1) is 0 Å². The highest BCUT2D eigenvalue weighted by Gasteiger charge is 2.34. The number of carbonyl (C=O) groups is 2. The van der Waals surface area contributed by atoms with E-state index in [-0.39, 0.29) is 24.6 Å². The van der Waals surface area contributed by atoms with E-state index >= 15 is 0 Å². The fourth-order valence-electron chi connectivity index (χ4n) is 5.96. The van der Waals surface area contributed by atoms with Crippen molar-refractivity contribution in [2.24, 2.45) is 0 Å². The van der Waals surface area contributed by atoms with Gasteiger partial charge < -0.3 is 19.5 Å². The van der Waals surface area contributed by atoms with E-state index in [1.165, 1.54) is 7.11 Å². The van der Waals surface area contributed by atoms with Gasteiger partial charge in [-0.3, -0.25) is 9.69 Å². The first-order valence-corrected chi connectivity index (χ1v) is 12.7. The summed E-state index contributed by atoms with van der Waals surface area (Å²) >= 11 is 0. The molecule has 8 nitrogen and oxygen atoms in total. The summed E-state index contributed by atoms with van der Waals surface area (Å²) in [5.41, 5.74) is 4.25. The Kier molecular flexibility index (Phi) is 6.71. The molecule has 1 aliphatic heterocycles. The van der Waals surface area contributed by atoms with Crippen molar-refractivity contribution in [2.45, 2.75) is 76.0 Å². The normalized spacial score (nSPS) is 22.8. The highest BCUT2D eigenvalue weighted by atomic mass is 16.5. The predicted octanol–water partition coefficient (Wildman–Crippen LogP) is 4.83. The number of hydrogen-bond acceptors (Lipinski definition) is 5. The van der Waals surface area contributed by atoms with E-state index in [4.69, 9.17) is 9.72 Å². The van der Waals surface area contributed by atoms with E-state index in [0.717, 1.165) is 60.0 Å². The molecule has 1 aliphatic carbocycles. The number of carbonyl (C=O) groups excluding carboxylic acids is 1. The van der Waals surface area contributed by atoms with Crippen LogP contribution in [-0.4, -0.2) is 51.1 Å². The lowest BCUT2D eigenvalue weighted by Crippen LogP contribution is -2.42. The van der Waals surface area contributed by atoms with Gasteiger partial charge in [0, 0.05) is 24.1 Å². The fraction of sp³-hybridized carbons (Fsp3) is 0.464. The summed E-state index contributed by atoms with van der Waals surface area (Å²) in [6, 6.07) is 13.2. The molecule has 190 valence electrons. The molecule has 3 aromatic rings. The number of aryl methyl sites for hydroxylation is 1. The van der Waals surface area contributed by atoms with Crippen LogP contribution < -0.4 is 4.90 Å². The maximum atomic E-state index is 12.6. The van der Waals surface area contributed by atoms with Crippen LogP contribution in [-0.2, 0) is 22.4 Å². The Labute approximate surface area is 210 Å². The van der Waals surface area contributed by atoms with Crippen LogP contribution in [0.1, 0.15) is 67.9 Å². The van der Waals surface area contributed by atoms with E-state index in [1.54, 1.807) is 4.90 Å². The molecule has 2 heterocycles. The van der Waals surface area contributed by atoms with Crippen molar-refractivity contribution in [3.8, 4) is 0 Å². The lowest BCUT2D eigenvalue weighted by molar-refractivity contribution is -0.138. The van der Waals surface area contributed by atoms with Crippen molar-refractivity contribution in [1.29, 1.82) is 0 Å². The zero-order valence-corrected chi connectivity index (χ0v) is 20.8. The van der Waals surface area contributed by atoms with Crippen LogP contribution >= 0.6 is 0 Å². The zero-order chi connectivity index (χ0) is 25.4. The van der Waals surface area contributed by atoms with Crippen molar-refractivity contribution < 1.29 is 24.5 Å². The Hall–Kier alpha value is -3.39. The number of ether oxygens (including phenoxy) is 1. The lowest BCUT2D eigenvalue weighted by Gasteiger charge is -2.34. The molecule has 8 heteroatoms. The number of aromatic nitrogens is 2. The van der Waals surface area contributed by atoms with Crippen molar-refractivity contribution in [3.63, 3.8) is 0 Å². The molecular weight excluding hydrogens is 458 g/mol. The number of carboxylic acids is 1. The summed E-state index contributed by atoms with van der Waals surface area (Å²) in [6.07, 6.45) is 4.22. The number of nitrogens with zero attached hydrogens (tertiary/aromatic N) is 3. The van der Waals surface area contributed by atoms with Crippen LogP contribution in [0.5, 0.6) is 0 Å². The molecule has 36 heavy (non-hydrogen) atoms. The number of fused-ring (bicyclic) bond motifs is 3. The largest absolute Gasteiger partial charge is 0.481 e. The number of imidazole rings is 1. The minimum atomic E-state index is -0.892.